The van der Waals surface area contributed by atoms with Crippen LogP contribution in [-0.2, 0) is 16.1 Å². The van der Waals surface area contributed by atoms with Crippen LogP contribution in [0.1, 0.15) is 16.1 Å². The molecule has 1 amide bonds. The lowest BCUT2D eigenvalue weighted by Gasteiger charge is -2.15. The fourth-order valence-corrected chi connectivity index (χ4v) is 3.07. The number of esters is 1. The van der Waals surface area contributed by atoms with Crippen LogP contribution >= 0.6 is 0 Å². The molecule has 154 valence electrons. The van der Waals surface area contributed by atoms with Gasteiger partial charge in [0.15, 0.2) is 5.65 Å². The molecule has 0 fully saturated rings. The molecular formula is C21H20N4O5. The molecule has 9 heteroatoms. The number of rotatable bonds is 6. The minimum absolute atomic E-state index is 0.0133. The van der Waals surface area contributed by atoms with E-state index in [0.717, 1.165) is 4.57 Å². The van der Waals surface area contributed by atoms with Gasteiger partial charge in [-0.25, -0.2) is 23.7 Å². The maximum absolute atomic E-state index is 13.2. The van der Waals surface area contributed by atoms with Crippen molar-refractivity contribution in [3.8, 4) is 5.69 Å². The van der Waals surface area contributed by atoms with Crippen molar-refractivity contribution >= 4 is 22.9 Å². The van der Waals surface area contributed by atoms with E-state index in [4.69, 9.17) is 4.74 Å². The topological polar surface area (TPSA) is 112 Å². The highest BCUT2D eigenvalue weighted by Crippen LogP contribution is 2.18. The lowest BCUT2D eigenvalue weighted by atomic mass is 10.1. The van der Waals surface area contributed by atoms with Crippen LogP contribution in [0.25, 0.3) is 16.7 Å². The van der Waals surface area contributed by atoms with Gasteiger partial charge in [-0.3, -0.25) is 9.59 Å². The first-order chi connectivity index (χ1) is 14.4. The number of ether oxygens (including phenoxy) is 1. The third-order valence-corrected chi connectivity index (χ3v) is 4.39. The zero-order valence-corrected chi connectivity index (χ0v) is 16.5. The molecule has 0 saturated carbocycles. The Balaban J connectivity index is 2.43. The monoisotopic (exact) mass is 408 g/mol. The summed E-state index contributed by atoms with van der Waals surface area (Å²) in [4.78, 5) is 55.4. The van der Waals surface area contributed by atoms with E-state index >= 15 is 0 Å². The van der Waals surface area contributed by atoms with Gasteiger partial charge in [0.05, 0.1) is 23.7 Å². The number of fused-ring (bicyclic) bond motifs is 1. The molecule has 0 bridgehead atoms. The van der Waals surface area contributed by atoms with Crippen LogP contribution in [0.15, 0.2) is 58.6 Å². The number of hydrogen-bond acceptors (Lipinski definition) is 6. The average molecular weight is 408 g/mol. The van der Waals surface area contributed by atoms with Crippen molar-refractivity contribution in [3.63, 3.8) is 0 Å². The van der Waals surface area contributed by atoms with Gasteiger partial charge in [0.2, 0.25) is 5.91 Å². The number of aryl methyl sites for hydroxylation is 1. The Labute approximate surface area is 171 Å². The Morgan fingerprint density at radius 3 is 2.57 bits per heavy atom. The molecule has 0 aliphatic carbocycles. The molecule has 0 spiro atoms. The minimum atomic E-state index is -0.802. The summed E-state index contributed by atoms with van der Waals surface area (Å²) in [5, 5.41) is 2.42. The summed E-state index contributed by atoms with van der Waals surface area (Å²) in [5.74, 6) is -1.30. The summed E-state index contributed by atoms with van der Waals surface area (Å²) in [5.41, 5.74) is -0.714. The molecule has 3 rings (SSSR count). The van der Waals surface area contributed by atoms with Crippen molar-refractivity contribution in [1.29, 1.82) is 0 Å². The molecule has 0 radical (unpaired) electrons. The maximum Gasteiger partial charge on any atom is 0.338 e. The van der Waals surface area contributed by atoms with Gasteiger partial charge < -0.3 is 10.1 Å². The number of para-hydroxylation sites is 1. The van der Waals surface area contributed by atoms with Crippen molar-refractivity contribution in [2.75, 3.05) is 13.7 Å². The summed E-state index contributed by atoms with van der Waals surface area (Å²) in [6.45, 7) is 4.81. The SMILES string of the molecule is C=CCNC(=O)Cn1c(=O)c2c(C(=O)OC)cc(C)nc2n(-c2ccccc2)c1=O. The molecule has 0 atom stereocenters. The average Bonchev–Trinajstić information content (AvgIpc) is 2.74. The molecule has 0 aliphatic rings. The highest BCUT2D eigenvalue weighted by atomic mass is 16.5. The second-order valence-electron chi connectivity index (χ2n) is 6.44. The molecule has 9 nitrogen and oxygen atoms in total. The van der Waals surface area contributed by atoms with E-state index in [-0.39, 0.29) is 23.1 Å². The summed E-state index contributed by atoms with van der Waals surface area (Å²) < 4.78 is 6.79. The summed E-state index contributed by atoms with van der Waals surface area (Å²) in [6.07, 6.45) is 1.48. The van der Waals surface area contributed by atoms with Gasteiger partial charge >= 0.3 is 11.7 Å². The molecule has 1 aromatic carbocycles. The number of amides is 1. The number of nitrogens with zero attached hydrogens (tertiary/aromatic N) is 3. The molecule has 30 heavy (non-hydrogen) atoms. The standard InChI is InChI=1S/C21H20N4O5/c1-4-10-22-16(26)12-24-19(27)17-15(20(28)30-3)11-13(2)23-18(17)25(21(24)29)14-8-6-5-7-9-14/h4-9,11H,1,10,12H2,2-3H3,(H,22,26). The van der Waals surface area contributed by atoms with E-state index in [2.05, 4.69) is 16.9 Å². The first-order valence-electron chi connectivity index (χ1n) is 9.07. The number of hydrogen-bond donors (Lipinski definition) is 1. The molecule has 0 saturated heterocycles. The molecule has 2 heterocycles. The van der Waals surface area contributed by atoms with E-state index in [1.165, 1.54) is 23.8 Å². The zero-order chi connectivity index (χ0) is 21.8. The lowest BCUT2D eigenvalue weighted by Crippen LogP contribution is -2.44. The quantitative estimate of drug-likeness (QED) is 0.480. The summed E-state index contributed by atoms with van der Waals surface area (Å²) in [6, 6.07) is 9.95. The maximum atomic E-state index is 13.2. The van der Waals surface area contributed by atoms with Gasteiger partial charge in [-0.15, -0.1) is 6.58 Å². The van der Waals surface area contributed by atoms with Crippen molar-refractivity contribution in [2.24, 2.45) is 0 Å². The highest BCUT2D eigenvalue weighted by molar-refractivity contribution is 6.02. The Kier molecular flexibility index (Phi) is 5.91. The second kappa shape index (κ2) is 8.56. The first kappa shape index (κ1) is 20.7. The van der Waals surface area contributed by atoms with Crippen LogP contribution in [0.3, 0.4) is 0 Å². The Hall–Kier alpha value is -4.01. The van der Waals surface area contributed by atoms with Crippen LogP contribution in [0.2, 0.25) is 0 Å². The van der Waals surface area contributed by atoms with E-state index < -0.39 is 29.7 Å². The molecule has 1 N–H and O–H groups in total. The number of nitrogens with one attached hydrogen (secondary N) is 1. The Morgan fingerprint density at radius 2 is 1.93 bits per heavy atom. The second-order valence-corrected chi connectivity index (χ2v) is 6.44. The third kappa shape index (κ3) is 3.77. The molecule has 3 aromatic rings. The smallest absolute Gasteiger partial charge is 0.338 e. The summed E-state index contributed by atoms with van der Waals surface area (Å²) >= 11 is 0. The first-order valence-corrected chi connectivity index (χ1v) is 9.07. The van der Waals surface area contributed by atoms with Gasteiger partial charge in [-0.2, -0.15) is 0 Å². The van der Waals surface area contributed by atoms with E-state index in [9.17, 15) is 19.2 Å². The number of aromatic nitrogens is 3. The van der Waals surface area contributed by atoms with Crippen molar-refractivity contribution in [1.82, 2.24) is 19.4 Å². The predicted molar refractivity (Wildman–Crippen MR) is 111 cm³/mol. The van der Waals surface area contributed by atoms with Crippen LogP contribution in [0.4, 0.5) is 0 Å². The molecule has 0 aliphatic heterocycles. The lowest BCUT2D eigenvalue weighted by molar-refractivity contribution is -0.121. The van der Waals surface area contributed by atoms with Gasteiger partial charge in [0.25, 0.3) is 5.56 Å². The Morgan fingerprint density at radius 1 is 1.23 bits per heavy atom. The number of benzene rings is 1. The predicted octanol–water partition coefficient (Wildman–Crippen LogP) is 0.945. The number of carbonyl (C=O) groups excluding carboxylic acids is 2. The Bertz CT molecular complexity index is 1260. The van der Waals surface area contributed by atoms with Crippen molar-refractivity contribution in [2.45, 2.75) is 13.5 Å². The number of methoxy groups -OCH3 is 1. The fourth-order valence-electron chi connectivity index (χ4n) is 3.07. The van der Waals surface area contributed by atoms with Crippen LogP contribution < -0.4 is 16.6 Å². The number of carbonyl (C=O) groups is 2. The minimum Gasteiger partial charge on any atom is -0.465 e. The normalized spacial score (nSPS) is 10.6. The van der Waals surface area contributed by atoms with E-state index in [0.29, 0.717) is 11.4 Å². The van der Waals surface area contributed by atoms with E-state index in [1.54, 1.807) is 37.3 Å². The molecular weight excluding hydrogens is 388 g/mol. The van der Waals surface area contributed by atoms with Gasteiger partial charge in [0.1, 0.15) is 6.54 Å². The third-order valence-electron chi connectivity index (χ3n) is 4.39. The van der Waals surface area contributed by atoms with Crippen molar-refractivity contribution < 1.29 is 14.3 Å². The van der Waals surface area contributed by atoms with Crippen molar-refractivity contribution in [3.05, 3.63) is 81.1 Å². The van der Waals surface area contributed by atoms with Gasteiger partial charge in [-0.05, 0) is 25.1 Å². The van der Waals surface area contributed by atoms with Crippen LogP contribution in [0.5, 0.6) is 0 Å². The fraction of sp³-hybridized carbons (Fsp3) is 0.190. The van der Waals surface area contributed by atoms with Gasteiger partial charge in [-0.1, -0.05) is 24.3 Å². The number of pyridine rings is 1. The van der Waals surface area contributed by atoms with Gasteiger partial charge in [0, 0.05) is 12.2 Å². The highest BCUT2D eigenvalue weighted by Gasteiger charge is 2.23. The zero-order valence-electron chi connectivity index (χ0n) is 16.5. The molecule has 2 aromatic heterocycles. The molecule has 0 unspecified atom stereocenters. The van der Waals surface area contributed by atoms with E-state index in [1.807, 2.05) is 0 Å². The largest absolute Gasteiger partial charge is 0.465 e. The van der Waals surface area contributed by atoms with Crippen LogP contribution in [-0.4, -0.2) is 39.6 Å². The summed E-state index contributed by atoms with van der Waals surface area (Å²) in [7, 11) is 1.19. The van der Waals surface area contributed by atoms with Crippen LogP contribution in [0, 0.1) is 6.92 Å².